The van der Waals surface area contributed by atoms with Gasteiger partial charge in [-0.15, -0.1) is 0 Å². The number of nitrogens with zero attached hydrogens (tertiary/aromatic N) is 3. The maximum Gasteiger partial charge on any atom is 0.112 e. The monoisotopic (exact) mass is 276 g/mol. The summed E-state index contributed by atoms with van der Waals surface area (Å²) < 4.78 is 2.55. The zero-order chi connectivity index (χ0) is 14.1. The highest BCUT2D eigenvalue weighted by Gasteiger charge is 2.31. The lowest BCUT2D eigenvalue weighted by Crippen LogP contribution is -2.32. The van der Waals surface area contributed by atoms with Crippen LogP contribution in [0.2, 0.25) is 0 Å². The van der Waals surface area contributed by atoms with E-state index in [4.69, 9.17) is 4.98 Å². The van der Waals surface area contributed by atoms with Crippen molar-refractivity contribution >= 4 is 0 Å². The lowest BCUT2D eigenvalue weighted by molar-refractivity contribution is 0.240. The smallest absolute Gasteiger partial charge is 0.112 e. The van der Waals surface area contributed by atoms with E-state index in [1.807, 2.05) is 0 Å². The van der Waals surface area contributed by atoms with Gasteiger partial charge < -0.3 is 14.8 Å². The molecule has 0 radical (unpaired) electrons. The largest absolute Gasteiger partial charge is 0.330 e. The van der Waals surface area contributed by atoms with E-state index in [9.17, 15) is 0 Å². The first-order valence-electron chi connectivity index (χ1n) is 8.19. The minimum absolute atomic E-state index is 0.667. The molecular weight excluding hydrogens is 248 g/mol. The van der Waals surface area contributed by atoms with Crippen LogP contribution in [0.5, 0.6) is 0 Å². The van der Waals surface area contributed by atoms with Crippen LogP contribution in [0, 0.1) is 0 Å². The summed E-state index contributed by atoms with van der Waals surface area (Å²) in [7, 11) is 2.25. The maximum atomic E-state index is 4.94. The molecule has 1 aromatic rings. The fourth-order valence-electron chi connectivity index (χ4n) is 3.08. The molecular formula is C16H28N4. The summed E-state index contributed by atoms with van der Waals surface area (Å²) in [5.74, 6) is 2.12. The Bertz CT molecular complexity index is 461. The highest BCUT2D eigenvalue weighted by Crippen LogP contribution is 2.40. The first-order chi connectivity index (χ1) is 9.70. The van der Waals surface area contributed by atoms with Crippen molar-refractivity contribution in [3.05, 3.63) is 17.2 Å². The van der Waals surface area contributed by atoms with Gasteiger partial charge in [0, 0.05) is 50.3 Å². The molecule has 0 spiro atoms. The normalized spacial score (nSPS) is 20.2. The van der Waals surface area contributed by atoms with Crippen molar-refractivity contribution in [1.29, 1.82) is 0 Å². The molecule has 4 heteroatoms. The summed E-state index contributed by atoms with van der Waals surface area (Å²) >= 11 is 0. The fraction of sp³-hybridized carbons (Fsp3) is 0.812. The molecule has 1 aliphatic carbocycles. The molecule has 1 aliphatic heterocycles. The van der Waals surface area contributed by atoms with E-state index in [0.29, 0.717) is 6.04 Å². The number of likely N-dealkylation sites (N-methyl/N-ethyl adjacent to an activating group) is 1. The lowest BCUT2D eigenvalue weighted by atomic mass is 10.2. The van der Waals surface area contributed by atoms with Gasteiger partial charge in [0.25, 0.3) is 0 Å². The van der Waals surface area contributed by atoms with Crippen molar-refractivity contribution in [2.24, 2.45) is 0 Å². The third-order valence-electron chi connectivity index (χ3n) is 4.98. The Hall–Kier alpha value is -0.870. The number of aromatic nitrogens is 2. The predicted octanol–water partition coefficient (Wildman–Crippen LogP) is 2.14. The van der Waals surface area contributed by atoms with Crippen LogP contribution in [-0.4, -0.2) is 40.6 Å². The molecule has 3 rings (SSSR count). The first kappa shape index (κ1) is 14.1. The van der Waals surface area contributed by atoms with Gasteiger partial charge in [-0.1, -0.05) is 6.92 Å². The average Bonchev–Trinajstić information content (AvgIpc) is 3.25. The zero-order valence-electron chi connectivity index (χ0n) is 13.2. The van der Waals surface area contributed by atoms with Crippen molar-refractivity contribution in [3.8, 4) is 0 Å². The van der Waals surface area contributed by atoms with E-state index in [1.54, 1.807) is 0 Å². The SMILES string of the molecule is CCC(C)N(C)CCn1c(C2CC2)nc2c1CCNC2. The topological polar surface area (TPSA) is 33.1 Å². The van der Waals surface area contributed by atoms with Gasteiger partial charge >= 0.3 is 0 Å². The Morgan fingerprint density at radius 1 is 1.45 bits per heavy atom. The van der Waals surface area contributed by atoms with Crippen LogP contribution in [0.15, 0.2) is 0 Å². The first-order valence-corrected chi connectivity index (χ1v) is 8.19. The Kier molecular flexibility index (Phi) is 4.13. The van der Waals surface area contributed by atoms with E-state index in [-0.39, 0.29) is 0 Å². The second-order valence-electron chi connectivity index (χ2n) is 6.45. The van der Waals surface area contributed by atoms with Gasteiger partial charge in [0.15, 0.2) is 0 Å². The summed E-state index contributed by atoms with van der Waals surface area (Å²) in [5, 5.41) is 3.45. The summed E-state index contributed by atoms with van der Waals surface area (Å²) in [4.78, 5) is 7.41. The van der Waals surface area contributed by atoms with Gasteiger partial charge in [-0.2, -0.15) is 0 Å². The van der Waals surface area contributed by atoms with Crippen LogP contribution < -0.4 is 5.32 Å². The Morgan fingerprint density at radius 3 is 2.95 bits per heavy atom. The molecule has 1 N–H and O–H groups in total. The molecule has 0 saturated heterocycles. The predicted molar refractivity (Wildman–Crippen MR) is 82.0 cm³/mol. The summed E-state index contributed by atoms with van der Waals surface area (Å²) in [5.41, 5.74) is 2.81. The molecule has 4 nitrogen and oxygen atoms in total. The molecule has 1 saturated carbocycles. The summed E-state index contributed by atoms with van der Waals surface area (Å²) in [6.07, 6.45) is 5.04. The van der Waals surface area contributed by atoms with Crippen molar-refractivity contribution in [3.63, 3.8) is 0 Å². The maximum absolute atomic E-state index is 4.94. The Balaban J connectivity index is 1.75. The van der Waals surface area contributed by atoms with Crippen molar-refractivity contribution in [2.75, 3.05) is 20.1 Å². The minimum Gasteiger partial charge on any atom is -0.330 e. The standard InChI is InChI=1S/C16H28N4/c1-4-12(2)19(3)9-10-20-15-7-8-17-11-14(15)18-16(20)13-5-6-13/h12-13,17H,4-11H2,1-3H3. The third-order valence-corrected chi connectivity index (χ3v) is 4.98. The van der Waals surface area contributed by atoms with Gasteiger partial charge in [-0.3, -0.25) is 0 Å². The van der Waals surface area contributed by atoms with Crippen molar-refractivity contribution < 1.29 is 0 Å². The molecule has 0 aromatic carbocycles. The molecule has 1 fully saturated rings. The molecule has 0 amide bonds. The van der Waals surface area contributed by atoms with E-state index >= 15 is 0 Å². The molecule has 20 heavy (non-hydrogen) atoms. The van der Waals surface area contributed by atoms with E-state index in [1.165, 1.54) is 36.5 Å². The molecule has 0 bridgehead atoms. The van der Waals surface area contributed by atoms with E-state index in [0.717, 1.165) is 38.5 Å². The highest BCUT2D eigenvalue weighted by molar-refractivity contribution is 5.24. The third kappa shape index (κ3) is 2.77. The van der Waals surface area contributed by atoms with Crippen LogP contribution >= 0.6 is 0 Å². The van der Waals surface area contributed by atoms with Crippen molar-refractivity contribution in [1.82, 2.24) is 19.8 Å². The number of hydrogen-bond donors (Lipinski definition) is 1. The minimum atomic E-state index is 0.667. The van der Waals surface area contributed by atoms with Crippen LogP contribution in [0.3, 0.4) is 0 Å². The molecule has 1 unspecified atom stereocenters. The van der Waals surface area contributed by atoms with Crippen LogP contribution in [0.1, 0.15) is 56.2 Å². The quantitative estimate of drug-likeness (QED) is 0.864. The van der Waals surface area contributed by atoms with Crippen molar-refractivity contribution in [2.45, 2.75) is 64.6 Å². The van der Waals surface area contributed by atoms with Gasteiger partial charge in [0.2, 0.25) is 0 Å². The molecule has 2 aliphatic rings. The number of hydrogen-bond acceptors (Lipinski definition) is 3. The van der Waals surface area contributed by atoms with E-state index in [2.05, 4.69) is 35.7 Å². The van der Waals surface area contributed by atoms with Gasteiger partial charge in [0.1, 0.15) is 5.82 Å². The molecule has 1 atom stereocenters. The van der Waals surface area contributed by atoms with Gasteiger partial charge in [-0.25, -0.2) is 4.98 Å². The summed E-state index contributed by atoms with van der Waals surface area (Å²) in [6.45, 7) is 8.88. The average molecular weight is 276 g/mol. The molecule has 1 aromatic heterocycles. The number of fused-ring (bicyclic) bond motifs is 1. The highest BCUT2D eigenvalue weighted by atomic mass is 15.2. The molecule has 112 valence electrons. The van der Waals surface area contributed by atoms with E-state index < -0.39 is 0 Å². The van der Waals surface area contributed by atoms with Crippen LogP contribution in [-0.2, 0) is 19.5 Å². The Labute approximate surface area is 122 Å². The second-order valence-corrected chi connectivity index (χ2v) is 6.45. The Morgan fingerprint density at radius 2 is 2.25 bits per heavy atom. The zero-order valence-corrected chi connectivity index (χ0v) is 13.2. The van der Waals surface area contributed by atoms with Gasteiger partial charge in [-0.05, 0) is 33.2 Å². The second kappa shape index (κ2) is 5.86. The van der Waals surface area contributed by atoms with Gasteiger partial charge in [0.05, 0.1) is 5.69 Å². The number of nitrogens with one attached hydrogen (secondary N) is 1. The molecule has 2 heterocycles. The lowest BCUT2D eigenvalue weighted by Gasteiger charge is -2.25. The van der Waals surface area contributed by atoms with Crippen LogP contribution in [0.25, 0.3) is 0 Å². The number of rotatable bonds is 6. The fourth-order valence-corrected chi connectivity index (χ4v) is 3.08. The summed E-state index contributed by atoms with van der Waals surface area (Å²) in [6, 6.07) is 0.667. The van der Waals surface area contributed by atoms with Crippen LogP contribution in [0.4, 0.5) is 0 Å². The number of imidazole rings is 1.